The van der Waals surface area contributed by atoms with Crippen LogP contribution in [-0.4, -0.2) is 71.7 Å². The van der Waals surface area contributed by atoms with Gasteiger partial charge in [-0.25, -0.2) is 9.48 Å². The van der Waals surface area contributed by atoms with Crippen molar-refractivity contribution >= 4 is 54.0 Å². The Balaban J connectivity index is 1.44. The molecule has 0 spiro atoms. The lowest BCUT2D eigenvalue weighted by molar-refractivity contribution is -0.138. The lowest BCUT2D eigenvalue weighted by atomic mass is 10.1. The van der Waals surface area contributed by atoms with Gasteiger partial charge in [0.15, 0.2) is 9.54 Å². The maximum atomic E-state index is 12.3. The number of nitrogens with one attached hydrogen (secondary N) is 3. The Morgan fingerprint density at radius 1 is 0.941 bits per heavy atom. The van der Waals surface area contributed by atoms with Gasteiger partial charge in [0.05, 0.1) is 11.4 Å². The van der Waals surface area contributed by atoms with E-state index >= 15 is 0 Å². The SMILES string of the molecule is O=C(O)C1CN(c2cccc(-n3[nH]nnc3=S)c2)CCN1c1cccc(-n2c(=S)[nH][nH]c2=S)c1. The fourth-order valence-electron chi connectivity index (χ4n) is 4.09. The number of aromatic nitrogens is 7. The second-order valence-electron chi connectivity index (χ2n) is 7.65. The molecule has 0 radical (unpaired) electrons. The lowest BCUT2D eigenvalue weighted by Gasteiger charge is -2.41. The zero-order valence-electron chi connectivity index (χ0n) is 17.6. The molecule has 4 aromatic rings. The molecule has 0 saturated carbocycles. The molecule has 2 aromatic heterocycles. The molecule has 174 valence electrons. The summed E-state index contributed by atoms with van der Waals surface area (Å²) in [6.45, 7) is 1.45. The number of aromatic amines is 3. The van der Waals surface area contributed by atoms with Crippen molar-refractivity contribution in [3.63, 3.8) is 0 Å². The van der Waals surface area contributed by atoms with Gasteiger partial charge in [-0.2, -0.15) is 5.21 Å². The Bertz CT molecular complexity index is 1500. The number of anilines is 2. The highest BCUT2D eigenvalue weighted by molar-refractivity contribution is 7.72. The van der Waals surface area contributed by atoms with Crippen LogP contribution in [0.4, 0.5) is 11.4 Å². The van der Waals surface area contributed by atoms with Gasteiger partial charge < -0.3 is 14.9 Å². The first-order valence-corrected chi connectivity index (χ1v) is 11.5. The van der Waals surface area contributed by atoms with E-state index in [1.54, 1.807) is 9.25 Å². The third kappa shape index (κ3) is 4.06. The molecular weight excluding hydrogens is 494 g/mol. The number of rotatable bonds is 5. The van der Waals surface area contributed by atoms with Gasteiger partial charge in [-0.3, -0.25) is 14.8 Å². The standard InChI is InChI=1S/C20H19N9O2S3/c30-17(31)16-11-26(12-3-1-6-15(9-12)29-20(34)23-24-25-29)7-8-27(16)13-4-2-5-14(10-13)28-18(32)21-22-19(28)33/h1-6,9-10,16H,7-8,11H2,(H,21,32)(H,22,33)(H,30,31)(H,23,25,34). The molecule has 11 nitrogen and oxygen atoms in total. The molecule has 34 heavy (non-hydrogen) atoms. The predicted molar refractivity (Wildman–Crippen MR) is 134 cm³/mol. The fourth-order valence-corrected chi connectivity index (χ4v) is 4.83. The number of tetrazole rings is 1. The van der Waals surface area contributed by atoms with E-state index < -0.39 is 12.0 Å². The molecule has 0 aliphatic carbocycles. The largest absolute Gasteiger partial charge is 0.480 e. The highest BCUT2D eigenvalue weighted by Crippen LogP contribution is 2.27. The minimum Gasteiger partial charge on any atom is -0.480 e. The quantitative estimate of drug-likeness (QED) is 0.298. The van der Waals surface area contributed by atoms with Crippen molar-refractivity contribution in [2.75, 3.05) is 29.4 Å². The average Bonchev–Trinajstić information content (AvgIpc) is 3.43. The van der Waals surface area contributed by atoms with Gasteiger partial charge in [0, 0.05) is 31.0 Å². The van der Waals surface area contributed by atoms with Crippen molar-refractivity contribution in [1.82, 2.24) is 35.0 Å². The van der Waals surface area contributed by atoms with Crippen LogP contribution in [0.2, 0.25) is 0 Å². The minimum atomic E-state index is -0.901. The maximum Gasteiger partial charge on any atom is 0.328 e. The minimum absolute atomic E-state index is 0.305. The van der Waals surface area contributed by atoms with E-state index in [0.717, 1.165) is 22.7 Å². The van der Waals surface area contributed by atoms with Crippen LogP contribution in [0.3, 0.4) is 0 Å². The molecule has 1 unspecified atom stereocenters. The second kappa shape index (κ2) is 8.96. The van der Waals surface area contributed by atoms with Crippen LogP contribution >= 0.6 is 36.7 Å². The summed E-state index contributed by atoms with van der Waals surface area (Å²) in [5, 5.41) is 26.0. The topological polar surface area (TPSA) is 127 Å². The van der Waals surface area contributed by atoms with Crippen molar-refractivity contribution in [1.29, 1.82) is 0 Å². The molecule has 1 saturated heterocycles. The molecule has 1 aliphatic heterocycles. The molecule has 1 fully saturated rings. The third-order valence-corrected chi connectivity index (χ3v) is 6.53. The van der Waals surface area contributed by atoms with Crippen molar-refractivity contribution in [2.45, 2.75) is 6.04 Å². The van der Waals surface area contributed by atoms with Crippen LogP contribution in [0.5, 0.6) is 0 Å². The summed E-state index contributed by atoms with van der Waals surface area (Å²) in [5.74, 6) is -0.901. The number of hydrogen-bond donors (Lipinski definition) is 4. The Labute approximate surface area is 208 Å². The maximum absolute atomic E-state index is 12.3. The molecular formula is C20H19N9O2S3. The van der Waals surface area contributed by atoms with Gasteiger partial charge in [0.25, 0.3) is 0 Å². The third-order valence-electron chi connectivity index (χ3n) is 5.69. The average molecular weight is 514 g/mol. The number of carboxylic acid groups (broad SMARTS) is 1. The fraction of sp³-hybridized carbons (Fsp3) is 0.200. The normalized spacial score (nSPS) is 16.1. The van der Waals surface area contributed by atoms with Gasteiger partial charge in [-0.15, -0.1) is 0 Å². The van der Waals surface area contributed by atoms with E-state index in [9.17, 15) is 9.90 Å². The molecule has 4 N–H and O–H groups in total. The lowest BCUT2D eigenvalue weighted by Crippen LogP contribution is -2.57. The van der Waals surface area contributed by atoms with Gasteiger partial charge in [-0.1, -0.05) is 22.4 Å². The van der Waals surface area contributed by atoms with Crippen LogP contribution in [0.1, 0.15) is 0 Å². The first kappa shape index (κ1) is 22.2. The molecule has 1 atom stereocenters. The Hall–Kier alpha value is -3.62. The van der Waals surface area contributed by atoms with Gasteiger partial charge in [0.1, 0.15) is 6.04 Å². The number of H-pyrrole nitrogens is 3. The van der Waals surface area contributed by atoms with Crippen LogP contribution in [0, 0.1) is 14.3 Å². The number of nitrogens with zero attached hydrogens (tertiary/aromatic N) is 6. The molecule has 0 bridgehead atoms. The van der Waals surface area contributed by atoms with E-state index in [1.165, 1.54) is 0 Å². The molecule has 14 heteroatoms. The summed E-state index contributed by atoms with van der Waals surface area (Å²) in [5.41, 5.74) is 3.20. The predicted octanol–water partition coefficient (Wildman–Crippen LogP) is 3.01. The second-order valence-corrected chi connectivity index (χ2v) is 8.79. The number of benzene rings is 2. The highest BCUT2D eigenvalue weighted by Gasteiger charge is 2.33. The zero-order valence-corrected chi connectivity index (χ0v) is 20.0. The van der Waals surface area contributed by atoms with Crippen molar-refractivity contribution in [3.05, 3.63) is 62.8 Å². The van der Waals surface area contributed by atoms with E-state index in [2.05, 4.69) is 30.6 Å². The summed E-state index contributed by atoms with van der Waals surface area (Å²) in [4.78, 5) is 16.2. The summed E-state index contributed by atoms with van der Waals surface area (Å²) in [7, 11) is 0. The molecule has 2 aromatic carbocycles. The molecule has 1 aliphatic rings. The Morgan fingerprint density at radius 3 is 2.26 bits per heavy atom. The van der Waals surface area contributed by atoms with Crippen molar-refractivity contribution < 1.29 is 9.90 Å². The van der Waals surface area contributed by atoms with Crippen molar-refractivity contribution in [2.24, 2.45) is 0 Å². The molecule has 0 amide bonds. The van der Waals surface area contributed by atoms with E-state index in [4.69, 9.17) is 36.7 Å². The number of piperazine rings is 1. The smallest absolute Gasteiger partial charge is 0.328 e. The zero-order chi connectivity index (χ0) is 23.8. The summed E-state index contributed by atoms with van der Waals surface area (Å²) >= 11 is 15.8. The Morgan fingerprint density at radius 2 is 1.59 bits per heavy atom. The van der Waals surface area contributed by atoms with E-state index in [-0.39, 0.29) is 0 Å². The van der Waals surface area contributed by atoms with Crippen molar-refractivity contribution in [3.8, 4) is 11.4 Å². The van der Waals surface area contributed by atoms with E-state index in [1.807, 2.05) is 53.4 Å². The molecule has 5 rings (SSSR count). The van der Waals surface area contributed by atoms with Gasteiger partial charge in [0.2, 0.25) is 4.77 Å². The summed E-state index contributed by atoms with van der Waals surface area (Å²) in [6.07, 6.45) is 0. The summed E-state index contributed by atoms with van der Waals surface area (Å²) < 4.78 is 4.48. The number of carboxylic acids is 1. The molecule has 3 heterocycles. The number of carbonyl (C=O) groups is 1. The monoisotopic (exact) mass is 513 g/mol. The highest BCUT2D eigenvalue weighted by atomic mass is 32.1. The van der Waals surface area contributed by atoms with Crippen LogP contribution in [0.15, 0.2) is 48.5 Å². The first-order chi connectivity index (χ1) is 16.4. The summed E-state index contributed by atoms with van der Waals surface area (Å²) in [6, 6.07) is 14.4. The Kier molecular flexibility index (Phi) is 5.85. The van der Waals surface area contributed by atoms with Gasteiger partial charge in [-0.05, 0) is 73.1 Å². The first-order valence-electron chi connectivity index (χ1n) is 10.3. The number of aliphatic carboxylic acids is 1. The van der Waals surface area contributed by atoms with Crippen LogP contribution in [-0.2, 0) is 4.79 Å². The number of hydrogen-bond acceptors (Lipinski definition) is 8. The van der Waals surface area contributed by atoms with E-state index in [0.29, 0.717) is 33.9 Å². The van der Waals surface area contributed by atoms with Crippen LogP contribution < -0.4 is 9.80 Å². The van der Waals surface area contributed by atoms with Crippen LogP contribution in [0.25, 0.3) is 11.4 Å². The van der Waals surface area contributed by atoms with Gasteiger partial charge >= 0.3 is 5.97 Å².